The molecule has 0 spiro atoms. The third-order valence-electron chi connectivity index (χ3n) is 5.28. The van der Waals surface area contributed by atoms with Gasteiger partial charge in [-0.3, -0.25) is 4.79 Å². The van der Waals surface area contributed by atoms with Gasteiger partial charge in [-0.2, -0.15) is 0 Å². The molecule has 2 aliphatic rings. The Balaban J connectivity index is 1.90. The van der Waals surface area contributed by atoms with Crippen LogP contribution in [0.2, 0.25) is 5.02 Å². The predicted octanol–water partition coefficient (Wildman–Crippen LogP) is 4.55. The van der Waals surface area contributed by atoms with Gasteiger partial charge in [-0.15, -0.1) is 0 Å². The van der Waals surface area contributed by atoms with E-state index in [0.717, 1.165) is 36.8 Å². The number of halogens is 2. The van der Waals surface area contributed by atoms with E-state index in [1.165, 1.54) is 36.6 Å². The second kappa shape index (κ2) is 6.34. The highest BCUT2D eigenvalue weighted by molar-refractivity contribution is 6.31. The summed E-state index contributed by atoms with van der Waals surface area (Å²) in [7, 11) is 0. The second-order valence-electron chi connectivity index (χ2n) is 6.88. The Labute approximate surface area is 151 Å². The van der Waals surface area contributed by atoms with Crippen LogP contribution in [0.5, 0.6) is 0 Å². The van der Waals surface area contributed by atoms with Crippen LogP contribution in [0.4, 0.5) is 10.1 Å². The Kier molecular flexibility index (Phi) is 4.16. The van der Waals surface area contributed by atoms with Crippen LogP contribution in [0.3, 0.4) is 0 Å². The summed E-state index contributed by atoms with van der Waals surface area (Å²) in [4.78, 5) is 12.8. The molecule has 0 saturated heterocycles. The lowest BCUT2D eigenvalue weighted by atomic mass is 9.85. The Morgan fingerprint density at radius 1 is 1.12 bits per heavy atom. The highest BCUT2D eigenvalue weighted by atomic mass is 35.5. The van der Waals surface area contributed by atoms with Gasteiger partial charge in [-0.05, 0) is 61.1 Å². The lowest BCUT2D eigenvalue weighted by molar-refractivity contribution is 0.0959. The first kappa shape index (κ1) is 16.4. The smallest absolute Gasteiger partial charge is 0.252 e. The van der Waals surface area contributed by atoms with Crippen molar-refractivity contribution in [2.24, 2.45) is 0 Å². The highest BCUT2D eigenvalue weighted by Gasteiger charge is 2.36. The van der Waals surface area contributed by atoms with Gasteiger partial charge >= 0.3 is 0 Å². The maximum absolute atomic E-state index is 13.7. The number of nitrogens with one attached hydrogen (secondary N) is 1. The quantitative estimate of drug-likeness (QED) is 0.734. The number of carbonyl (C=O) groups is 1. The monoisotopic (exact) mass is 358 g/mol. The van der Waals surface area contributed by atoms with Gasteiger partial charge in [0.25, 0.3) is 5.91 Å². The summed E-state index contributed by atoms with van der Waals surface area (Å²) in [6.45, 7) is 0. The standard InChI is InChI=1S/C20H20ClFN2O/c21-15-8-7-12(22)10-14(15)19-18-16(23)9-11-5-3-1-2-4-6-13(11)17(18)20(25)24-19/h7-10,19H,1-6,23H2,(H,24,25). The first-order valence-corrected chi connectivity index (χ1v) is 9.14. The molecule has 1 aliphatic heterocycles. The van der Waals surface area contributed by atoms with Crippen molar-refractivity contribution in [1.29, 1.82) is 0 Å². The van der Waals surface area contributed by atoms with E-state index in [0.29, 0.717) is 21.8 Å². The Bertz CT molecular complexity index is 865. The van der Waals surface area contributed by atoms with E-state index >= 15 is 0 Å². The fourth-order valence-corrected chi connectivity index (χ4v) is 4.34. The number of amides is 1. The van der Waals surface area contributed by atoms with Gasteiger partial charge in [0, 0.05) is 21.8 Å². The number of hydrogen-bond donors (Lipinski definition) is 2. The van der Waals surface area contributed by atoms with Crippen LogP contribution in [-0.4, -0.2) is 5.91 Å². The third kappa shape index (κ3) is 2.78. The highest BCUT2D eigenvalue weighted by Crippen LogP contribution is 2.41. The summed E-state index contributed by atoms with van der Waals surface area (Å²) in [6.07, 6.45) is 6.41. The van der Waals surface area contributed by atoms with Crippen molar-refractivity contribution in [2.75, 3.05) is 5.73 Å². The van der Waals surface area contributed by atoms with Gasteiger partial charge in [0.15, 0.2) is 0 Å². The summed E-state index contributed by atoms with van der Waals surface area (Å²) in [6, 6.07) is 5.70. The number of nitrogen functional groups attached to an aromatic ring is 1. The molecule has 1 aliphatic carbocycles. The van der Waals surface area contributed by atoms with E-state index in [-0.39, 0.29) is 11.7 Å². The van der Waals surface area contributed by atoms with Gasteiger partial charge in [-0.1, -0.05) is 24.4 Å². The maximum atomic E-state index is 13.7. The Morgan fingerprint density at radius 3 is 2.68 bits per heavy atom. The largest absolute Gasteiger partial charge is 0.398 e. The van der Waals surface area contributed by atoms with Gasteiger partial charge < -0.3 is 11.1 Å². The number of rotatable bonds is 1. The molecule has 0 bridgehead atoms. The first-order valence-electron chi connectivity index (χ1n) is 8.76. The van der Waals surface area contributed by atoms with Crippen molar-refractivity contribution < 1.29 is 9.18 Å². The van der Waals surface area contributed by atoms with E-state index < -0.39 is 6.04 Å². The molecule has 1 unspecified atom stereocenters. The zero-order valence-corrected chi connectivity index (χ0v) is 14.6. The molecular formula is C20H20ClFN2O. The summed E-state index contributed by atoms with van der Waals surface area (Å²) < 4.78 is 13.7. The number of aryl methyl sites for hydroxylation is 1. The minimum absolute atomic E-state index is 0.135. The summed E-state index contributed by atoms with van der Waals surface area (Å²) in [5.74, 6) is -0.517. The molecule has 0 radical (unpaired) electrons. The molecule has 130 valence electrons. The van der Waals surface area contributed by atoms with E-state index in [1.807, 2.05) is 6.07 Å². The van der Waals surface area contributed by atoms with Crippen molar-refractivity contribution >= 4 is 23.2 Å². The molecule has 1 atom stereocenters. The van der Waals surface area contributed by atoms with E-state index in [9.17, 15) is 9.18 Å². The van der Waals surface area contributed by atoms with Crippen LogP contribution < -0.4 is 11.1 Å². The Hall–Kier alpha value is -2.07. The first-order chi connectivity index (χ1) is 12.1. The number of benzene rings is 2. The number of fused-ring (bicyclic) bond motifs is 3. The maximum Gasteiger partial charge on any atom is 0.252 e. The van der Waals surface area contributed by atoms with Crippen LogP contribution in [0.1, 0.15) is 64.3 Å². The summed E-state index contributed by atoms with van der Waals surface area (Å²) in [5.41, 5.74) is 11.2. The topological polar surface area (TPSA) is 55.1 Å². The van der Waals surface area contributed by atoms with E-state index in [4.69, 9.17) is 17.3 Å². The zero-order valence-electron chi connectivity index (χ0n) is 13.9. The lowest BCUT2D eigenvalue weighted by Crippen LogP contribution is -2.20. The molecule has 2 aromatic carbocycles. The van der Waals surface area contributed by atoms with Crippen LogP contribution >= 0.6 is 11.6 Å². The van der Waals surface area contributed by atoms with Crippen molar-refractivity contribution in [2.45, 2.75) is 44.6 Å². The molecule has 4 rings (SSSR count). The number of nitrogens with two attached hydrogens (primary N) is 1. The van der Waals surface area contributed by atoms with Crippen LogP contribution in [0.25, 0.3) is 0 Å². The van der Waals surface area contributed by atoms with Gasteiger partial charge in [0.1, 0.15) is 5.82 Å². The van der Waals surface area contributed by atoms with Crippen molar-refractivity contribution in [3.05, 3.63) is 62.9 Å². The molecule has 25 heavy (non-hydrogen) atoms. The molecule has 3 nitrogen and oxygen atoms in total. The fourth-order valence-electron chi connectivity index (χ4n) is 4.11. The second-order valence-corrected chi connectivity index (χ2v) is 7.29. The molecule has 1 heterocycles. The number of carbonyl (C=O) groups excluding carboxylic acids is 1. The molecule has 0 aromatic heterocycles. The Morgan fingerprint density at radius 2 is 1.88 bits per heavy atom. The van der Waals surface area contributed by atoms with E-state index in [1.54, 1.807) is 0 Å². The van der Waals surface area contributed by atoms with E-state index in [2.05, 4.69) is 5.32 Å². The number of anilines is 1. The molecule has 3 N–H and O–H groups in total. The normalized spacial score (nSPS) is 19.6. The van der Waals surface area contributed by atoms with Crippen molar-refractivity contribution in [3.8, 4) is 0 Å². The molecule has 0 saturated carbocycles. The molecule has 1 amide bonds. The fraction of sp³-hybridized carbons (Fsp3) is 0.350. The van der Waals surface area contributed by atoms with Crippen LogP contribution in [0, 0.1) is 5.82 Å². The van der Waals surface area contributed by atoms with Crippen molar-refractivity contribution in [3.63, 3.8) is 0 Å². The third-order valence-corrected chi connectivity index (χ3v) is 5.63. The summed E-state index contributed by atoms with van der Waals surface area (Å²) in [5, 5.41) is 3.38. The predicted molar refractivity (Wildman–Crippen MR) is 97.4 cm³/mol. The molecule has 0 fully saturated rings. The molecular weight excluding hydrogens is 339 g/mol. The van der Waals surface area contributed by atoms with Crippen molar-refractivity contribution in [1.82, 2.24) is 5.32 Å². The van der Waals surface area contributed by atoms with Gasteiger partial charge in [0.2, 0.25) is 0 Å². The lowest BCUT2D eigenvalue weighted by Gasteiger charge is -2.20. The molecule has 5 heteroatoms. The van der Waals surface area contributed by atoms with Gasteiger partial charge in [-0.25, -0.2) is 4.39 Å². The average molecular weight is 359 g/mol. The van der Waals surface area contributed by atoms with Crippen LogP contribution in [-0.2, 0) is 12.8 Å². The minimum Gasteiger partial charge on any atom is -0.398 e. The van der Waals surface area contributed by atoms with Crippen LogP contribution in [0.15, 0.2) is 24.3 Å². The van der Waals surface area contributed by atoms with Gasteiger partial charge in [0.05, 0.1) is 11.6 Å². The SMILES string of the molecule is Nc1cc2c(c3c1C(c1cc(F)ccc1Cl)NC3=O)CCCCCC2. The average Bonchev–Trinajstić information content (AvgIpc) is 2.90. The zero-order chi connectivity index (χ0) is 17.6. The molecule has 2 aromatic rings. The minimum atomic E-state index is -0.499. The number of hydrogen-bond acceptors (Lipinski definition) is 2. The summed E-state index contributed by atoms with van der Waals surface area (Å²) >= 11 is 6.28.